The predicted molar refractivity (Wildman–Crippen MR) is 67.5 cm³/mol. The second-order valence-electron chi connectivity index (χ2n) is 4.33. The summed E-state index contributed by atoms with van der Waals surface area (Å²) in [6.45, 7) is 0. The van der Waals surface area contributed by atoms with Gasteiger partial charge in [-0.3, -0.25) is 4.68 Å². The molecule has 1 saturated carbocycles. The van der Waals surface area contributed by atoms with Gasteiger partial charge < -0.3 is 5.73 Å². The van der Waals surface area contributed by atoms with Gasteiger partial charge in [-0.1, -0.05) is 18.9 Å². The molecule has 0 aliphatic heterocycles. The molecule has 3 rings (SSSR count). The van der Waals surface area contributed by atoms with Gasteiger partial charge in [-0.25, -0.2) is 0 Å². The van der Waals surface area contributed by atoms with Gasteiger partial charge in [-0.2, -0.15) is 5.10 Å². The average Bonchev–Trinajstić information content (AvgIpc) is 2.97. The van der Waals surface area contributed by atoms with Gasteiger partial charge in [0.05, 0.1) is 16.6 Å². The second kappa shape index (κ2) is 3.94. The van der Waals surface area contributed by atoms with E-state index in [1.54, 1.807) is 11.3 Å². The first-order valence-corrected chi connectivity index (χ1v) is 6.61. The van der Waals surface area contributed by atoms with E-state index in [9.17, 15) is 0 Å². The highest BCUT2D eigenvalue weighted by Gasteiger charge is 2.19. The first kappa shape index (κ1) is 9.90. The first-order valence-electron chi connectivity index (χ1n) is 5.73. The number of anilines is 1. The van der Waals surface area contributed by atoms with Gasteiger partial charge in [-0.05, 0) is 24.3 Å². The van der Waals surface area contributed by atoms with Crippen molar-refractivity contribution < 1.29 is 0 Å². The summed E-state index contributed by atoms with van der Waals surface area (Å²) in [7, 11) is 0. The minimum Gasteiger partial charge on any atom is -0.396 e. The van der Waals surface area contributed by atoms with E-state index in [2.05, 4.69) is 21.2 Å². The van der Waals surface area contributed by atoms with E-state index in [1.807, 2.05) is 12.3 Å². The van der Waals surface area contributed by atoms with E-state index >= 15 is 0 Å². The van der Waals surface area contributed by atoms with E-state index in [-0.39, 0.29) is 0 Å². The number of rotatable bonds is 2. The van der Waals surface area contributed by atoms with Gasteiger partial charge in [0.2, 0.25) is 0 Å². The second-order valence-corrected chi connectivity index (χ2v) is 5.28. The fourth-order valence-corrected chi connectivity index (χ4v) is 3.10. The molecule has 0 radical (unpaired) electrons. The molecule has 3 nitrogen and oxygen atoms in total. The van der Waals surface area contributed by atoms with Gasteiger partial charge in [0.15, 0.2) is 0 Å². The van der Waals surface area contributed by atoms with Crippen LogP contribution in [0.25, 0.3) is 10.6 Å². The number of nitrogens with zero attached hydrogens (tertiary/aromatic N) is 2. The van der Waals surface area contributed by atoms with Gasteiger partial charge in [0.1, 0.15) is 5.69 Å². The van der Waals surface area contributed by atoms with Gasteiger partial charge >= 0.3 is 0 Å². The summed E-state index contributed by atoms with van der Waals surface area (Å²) < 4.78 is 2.07. The predicted octanol–water partition coefficient (Wildman–Crippen LogP) is 3.31. The Kier molecular flexibility index (Phi) is 2.44. The molecule has 2 aromatic rings. The third kappa shape index (κ3) is 1.63. The van der Waals surface area contributed by atoms with Crippen LogP contribution in [0, 0.1) is 0 Å². The van der Waals surface area contributed by atoms with Crippen LogP contribution >= 0.6 is 11.3 Å². The Labute approximate surface area is 98.9 Å². The molecule has 2 N–H and O–H groups in total. The lowest BCUT2D eigenvalue weighted by Crippen LogP contribution is -2.04. The lowest BCUT2D eigenvalue weighted by molar-refractivity contribution is 0.468. The maximum atomic E-state index is 6.02. The standard InChI is InChI=1S/C12H15N3S/c13-10-8-15(9-4-1-2-5-9)14-12(10)11-6-3-7-16-11/h3,6-9H,1-2,4-5,13H2. The summed E-state index contributed by atoms with van der Waals surface area (Å²) in [5.41, 5.74) is 7.77. The van der Waals surface area contributed by atoms with Crippen molar-refractivity contribution in [3.63, 3.8) is 0 Å². The Morgan fingerprint density at radius 3 is 2.88 bits per heavy atom. The van der Waals surface area contributed by atoms with E-state index in [1.165, 1.54) is 25.7 Å². The Balaban J connectivity index is 1.95. The number of thiophene rings is 1. The molecular formula is C12H15N3S. The van der Waals surface area contributed by atoms with E-state index < -0.39 is 0 Å². The minimum atomic E-state index is 0.566. The Morgan fingerprint density at radius 2 is 2.19 bits per heavy atom. The van der Waals surface area contributed by atoms with Crippen LogP contribution in [0.4, 0.5) is 5.69 Å². The summed E-state index contributed by atoms with van der Waals surface area (Å²) in [5, 5.41) is 6.70. The maximum absolute atomic E-state index is 6.02. The number of aromatic nitrogens is 2. The molecule has 1 aliphatic carbocycles. The third-order valence-corrected chi connectivity index (χ3v) is 4.09. The van der Waals surface area contributed by atoms with Crippen LogP contribution in [0.1, 0.15) is 31.7 Å². The lowest BCUT2D eigenvalue weighted by atomic mass is 10.3. The molecule has 2 aromatic heterocycles. The van der Waals surface area contributed by atoms with Crippen molar-refractivity contribution in [2.45, 2.75) is 31.7 Å². The molecule has 0 saturated heterocycles. The molecule has 0 amide bonds. The van der Waals surface area contributed by atoms with Gasteiger partial charge in [-0.15, -0.1) is 11.3 Å². The molecular weight excluding hydrogens is 218 g/mol. The Bertz CT molecular complexity index is 466. The summed E-state index contributed by atoms with van der Waals surface area (Å²) in [4.78, 5) is 1.16. The number of nitrogen functional groups attached to an aromatic ring is 1. The summed E-state index contributed by atoms with van der Waals surface area (Å²) in [6.07, 6.45) is 7.11. The monoisotopic (exact) mass is 233 g/mol. The van der Waals surface area contributed by atoms with Crippen molar-refractivity contribution in [1.82, 2.24) is 9.78 Å². The Hall–Kier alpha value is -1.29. The van der Waals surface area contributed by atoms with E-state index in [4.69, 9.17) is 5.73 Å². The molecule has 0 bridgehead atoms. The van der Waals surface area contributed by atoms with Gasteiger partial charge in [0, 0.05) is 6.20 Å². The molecule has 0 atom stereocenters. The quantitative estimate of drug-likeness (QED) is 0.864. The molecule has 1 aliphatic rings. The van der Waals surface area contributed by atoms with Crippen molar-refractivity contribution in [2.24, 2.45) is 0 Å². The van der Waals surface area contributed by atoms with Crippen molar-refractivity contribution >= 4 is 17.0 Å². The highest BCUT2D eigenvalue weighted by atomic mass is 32.1. The highest BCUT2D eigenvalue weighted by molar-refractivity contribution is 7.13. The van der Waals surface area contributed by atoms with Crippen LogP contribution in [-0.2, 0) is 0 Å². The zero-order valence-corrected chi connectivity index (χ0v) is 9.91. The molecule has 2 heterocycles. The number of nitrogens with two attached hydrogens (primary N) is 1. The lowest BCUT2D eigenvalue weighted by Gasteiger charge is -2.08. The molecule has 4 heteroatoms. The maximum Gasteiger partial charge on any atom is 0.125 e. The Morgan fingerprint density at radius 1 is 1.38 bits per heavy atom. The van der Waals surface area contributed by atoms with Crippen LogP contribution < -0.4 is 5.73 Å². The molecule has 0 spiro atoms. The number of hydrogen-bond donors (Lipinski definition) is 1. The molecule has 84 valence electrons. The SMILES string of the molecule is Nc1cn(C2CCCC2)nc1-c1cccs1. The van der Waals surface area contributed by atoms with Crippen LogP contribution in [-0.4, -0.2) is 9.78 Å². The van der Waals surface area contributed by atoms with E-state index in [0.717, 1.165) is 16.3 Å². The fourth-order valence-electron chi connectivity index (χ4n) is 2.37. The zero-order chi connectivity index (χ0) is 11.0. The van der Waals surface area contributed by atoms with Crippen LogP contribution in [0.15, 0.2) is 23.7 Å². The first-order chi connectivity index (χ1) is 7.84. The van der Waals surface area contributed by atoms with Crippen LogP contribution in [0.2, 0.25) is 0 Å². The largest absolute Gasteiger partial charge is 0.396 e. The highest BCUT2D eigenvalue weighted by Crippen LogP contribution is 2.33. The van der Waals surface area contributed by atoms with Gasteiger partial charge in [0.25, 0.3) is 0 Å². The fraction of sp³-hybridized carbons (Fsp3) is 0.417. The molecule has 16 heavy (non-hydrogen) atoms. The molecule has 0 unspecified atom stereocenters. The van der Waals surface area contributed by atoms with Crippen molar-refractivity contribution in [2.75, 3.05) is 5.73 Å². The summed E-state index contributed by atoms with van der Waals surface area (Å²) in [6, 6.07) is 4.67. The normalized spacial score (nSPS) is 17.0. The third-order valence-electron chi connectivity index (χ3n) is 3.21. The van der Waals surface area contributed by atoms with Crippen molar-refractivity contribution in [3.05, 3.63) is 23.7 Å². The smallest absolute Gasteiger partial charge is 0.125 e. The molecule has 1 fully saturated rings. The zero-order valence-electron chi connectivity index (χ0n) is 9.10. The summed E-state index contributed by atoms with van der Waals surface area (Å²) >= 11 is 1.69. The van der Waals surface area contributed by atoms with E-state index in [0.29, 0.717) is 6.04 Å². The summed E-state index contributed by atoms with van der Waals surface area (Å²) in [5.74, 6) is 0. The van der Waals surface area contributed by atoms with Crippen molar-refractivity contribution in [3.8, 4) is 10.6 Å². The van der Waals surface area contributed by atoms with Crippen LogP contribution in [0.5, 0.6) is 0 Å². The number of hydrogen-bond acceptors (Lipinski definition) is 3. The topological polar surface area (TPSA) is 43.8 Å². The molecule has 0 aromatic carbocycles. The van der Waals surface area contributed by atoms with Crippen LogP contribution in [0.3, 0.4) is 0 Å². The minimum absolute atomic E-state index is 0.566. The average molecular weight is 233 g/mol. The van der Waals surface area contributed by atoms with Crippen molar-refractivity contribution in [1.29, 1.82) is 0 Å².